The third kappa shape index (κ3) is 3.61. The third-order valence-corrected chi connectivity index (χ3v) is 3.23. The predicted molar refractivity (Wildman–Crippen MR) is 65.4 cm³/mol. The zero-order valence-corrected chi connectivity index (χ0v) is 10.1. The maximum atomic E-state index is 4.03. The summed E-state index contributed by atoms with van der Waals surface area (Å²) in [6.07, 6.45) is 9.54. The van der Waals surface area contributed by atoms with Gasteiger partial charge >= 0.3 is 0 Å². The normalized spacial score (nSPS) is 21.7. The fraction of sp³-hybridized carbons (Fsp3) is 0.750. The summed E-state index contributed by atoms with van der Waals surface area (Å²) in [5, 5.41) is 3.63. The molecule has 0 radical (unpaired) electrons. The maximum absolute atomic E-state index is 4.03. The lowest BCUT2D eigenvalue weighted by molar-refractivity contribution is 0.396. The van der Waals surface area contributed by atoms with E-state index in [0.29, 0.717) is 0 Å². The molecule has 0 spiro atoms. The largest absolute Gasteiger partial charge is 0.337 e. The molecule has 90 valence electrons. The van der Waals surface area contributed by atoms with Gasteiger partial charge in [0.25, 0.3) is 0 Å². The number of nitrogens with one attached hydrogen (secondary N) is 1. The van der Waals surface area contributed by atoms with E-state index in [2.05, 4.69) is 26.8 Å². The number of hydrogen-bond donors (Lipinski definition) is 1. The van der Waals surface area contributed by atoms with Gasteiger partial charge in [0.1, 0.15) is 0 Å². The van der Waals surface area contributed by atoms with Crippen LogP contribution in [0.1, 0.15) is 19.3 Å². The van der Waals surface area contributed by atoms with Crippen molar-refractivity contribution < 1.29 is 0 Å². The van der Waals surface area contributed by atoms with Crippen LogP contribution in [0.15, 0.2) is 18.7 Å². The molecule has 1 N–H and O–H groups in total. The van der Waals surface area contributed by atoms with Crippen molar-refractivity contribution in [2.75, 3.05) is 26.7 Å². The third-order valence-electron chi connectivity index (χ3n) is 3.23. The standard InChI is InChI=1S/C12H22N4/c1-15-8-4-12(10-15)14-5-2-3-7-16-9-6-13-11-16/h6,9,11-12,14H,2-5,7-8,10H2,1H3. The van der Waals surface area contributed by atoms with Crippen LogP contribution < -0.4 is 5.32 Å². The topological polar surface area (TPSA) is 33.1 Å². The molecule has 16 heavy (non-hydrogen) atoms. The highest BCUT2D eigenvalue weighted by molar-refractivity contribution is 4.78. The van der Waals surface area contributed by atoms with E-state index < -0.39 is 0 Å². The molecule has 4 heteroatoms. The maximum Gasteiger partial charge on any atom is 0.0945 e. The van der Waals surface area contributed by atoms with E-state index in [1.807, 2.05) is 18.7 Å². The molecular formula is C12H22N4. The van der Waals surface area contributed by atoms with E-state index in [-0.39, 0.29) is 0 Å². The lowest BCUT2D eigenvalue weighted by atomic mass is 10.2. The van der Waals surface area contributed by atoms with Gasteiger partial charge in [-0.25, -0.2) is 4.98 Å². The molecule has 1 aromatic heterocycles. The summed E-state index contributed by atoms with van der Waals surface area (Å²) in [6.45, 7) is 4.69. The molecule has 1 aliphatic heterocycles. The van der Waals surface area contributed by atoms with Crippen LogP contribution in [-0.4, -0.2) is 47.2 Å². The van der Waals surface area contributed by atoms with Crippen molar-refractivity contribution >= 4 is 0 Å². The van der Waals surface area contributed by atoms with Crippen molar-refractivity contribution in [2.24, 2.45) is 0 Å². The molecule has 1 saturated heterocycles. The zero-order chi connectivity index (χ0) is 11.2. The number of likely N-dealkylation sites (tertiary alicyclic amines) is 1. The van der Waals surface area contributed by atoms with Gasteiger partial charge in [0, 0.05) is 31.5 Å². The van der Waals surface area contributed by atoms with Crippen molar-refractivity contribution in [3.8, 4) is 0 Å². The highest BCUT2D eigenvalue weighted by Crippen LogP contribution is 2.06. The Balaban J connectivity index is 1.49. The summed E-state index contributed by atoms with van der Waals surface area (Å²) in [5.41, 5.74) is 0. The number of aromatic nitrogens is 2. The van der Waals surface area contributed by atoms with Gasteiger partial charge in [-0.3, -0.25) is 0 Å². The summed E-state index contributed by atoms with van der Waals surface area (Å²) in [4.78, 5) is 6.43. The van der Waals surface area contributed by atoms with Crippen molar-refractivity contribution in [1.82, 2.24) is 19.8 Å². The zero-order valence-electron chi connectivity index (χ0n) is 10.1. The lowest BCUT2D eigenvalue weighted by Crippen LogP contribution is -2.32. The second-order valence-corrected chi connectivity index (χ2v) is 4.71. The Kier molecular flexibility index (Phi) is 4.36. The van der Waals surface area contributed by atoms with Crippen molar-refractivity contribution in [3.05, 3.63) is 18.7 Å². The van der Waals surface area contributed by atoms with E-state index in [0.717, 1.165) is 19.1 Å². The Labute approximate surface area is 97.7 Å². The number of aryl methyl sites for hydroxylation is 1. The average Bonchev–Trinajstić information content (AvgIpc) is 2.89. The minimum Gasteiger partial charge on any atom is -0.337 e. The highest BCUT2D eigenvalue weighted by atomic mass is 15.2. The molecular weight excluding hydrogens is 200 g/mol. The molecule has 1 aliphatic rings. The van der Waals surface area contributed by atoms with Gasteiger partial charge in [0.05, 0.1) is 6.33 Å². The fourth-order valence-corrected chi connectivity index (χ4v) is 2.25. The first kappa shape index (κ1) is 11.6. The summed E-state index contributed by atoms with van der Waals surface area (Å²) in [7, 11) is 2.20. The van der Waals surface area contributed by atoms with E-state index in [4.69, 9.17) is 0 Å². The smallest absolute Gasteiger partial charge is 0.0945 e. The Morgan fingerprint density at radius 3 is 3.06 bits per heavy atom. The fourth-order valence-electron chi connectivity index (χ4n) is 2.25. The number of likely N-dealkylation sites (N-methyl/N-ethyl adjacent to an activating group) is 1. The van der Waals surface area contributed by atoms with Crippen LogP contribution in [0.5, 0.6) is 0 Å². The Hall–Kier alpha value is -0.870. The highest BCUT2D eigenvalue weighted by Gasteiger charge is 2.17. The molecule has 2 rings (SSSR count). The summed E-state index contributed by atoms with van der Waals surface area (Å²) in [6, 6.07) is 0.721. The van der Waals surface area contributed by atoms with Crippen LogP contribution in [0.2, 0.25) is 0 Å². The lowest BCUT2D eigenvalue weighted by Gasteiger charge is -2.12. The van der Waals surface area contributed by atoms with E-state index in [1.165, 1.54) is 32.4 Å². The van der Waals surface area contributed by atoms with Crippen LogP contribution in [0.25, 0.3) is 0 Å². The van der Waals surface area contributed by atoms with E-state index in [9.17, 15) is 0 Å². The summed E-state index contributed by atoms with van der Waals surface area (Å²) < 4.78 is 2.14. The number of imidazole rings is 1. The first-order valence-corrected chi connectivity index (χ1v) is 6.22. The Morgan fingerprint density at radius 1 is 1.44 bits per heavy atom. The van der Waals surface area contributed by atoms with Crippen molar-refractivity contribution in [1.29, 1.82) is 0 Å². The van der Waals surface area contributed by atoms with Crippen LogP contribution >= 0.6 is 0 Å². The predicted octanol–water partition coefficient (Wildman–Crippen LogP) is 0.957. The minimum absolute atomic E-state index is 0.721. The van der Waals surface area contributed by atoms with Gasteiger partial charge in [0.2, 0.25) is 0 Å². The number of nitrogens with zero attached hydrogens (tertiary/aromatic N) is 3. The SMILES string of the molecule is CN1CCC(NCCCCn2ccnc2)C1. The molecule has 0 bridgehead atoms. The average molecular weight is 222 g/mol. The van der Waals surface area contributed by atoms with Crippen LogP contribution in [0, 0.1) is 0 Å². The molecule has 1 aromatic rings. The summed E-state index contributed by atoms with van der Waals surface area (Å²) >= 11 is 0. The van der Waals surface area contributed by atoms with Gasteiger partial charge in [-0.1, -0.05) is 0 Å². The van der Waals surface area contributed by atoms with Gasteiger partial charge < -0.3 is 14.8 Å². The molecule has 0 aromatic carbocycles. The molecule has 0 saturated carbocycles. The van der Waals surface area contributed by atoms with Crippen LogP contribution in [0.4, 0.5) is 0 Å². The molecule has 1 fully saturated rings. The minimum atomic E-state index is 0.721. The molecule has 0 aliphatic carbocycles. The second kappa shape index (κ2) is 6.01. The van der Waals surface area contributed by atoms with Gasteiger partial charge in [-0.05, 0) is 39.4 Å². The van der Waals surface area contributed by atoms with Crippen molar-refractivity contribution in [3.63, 3.8) is 0 Å². The molecule has 4 nitrogen and oxygen atoms in total. The summed E-state index contributed by atoms with van der Waals surface area (Å²) in [5.74, 6) is 0. The van der Waals surface area contributed by atoms with E-state index >= 15 is 0 Å². The monoisotopic (exact) mass is 222 g/mol. The van der Waals surface area contributed by atoms with Crippen LogP contribution in [0.3, 0.4) is 0 Å². The molecule has 0 amide bonds. The Bertz CT molecular complexity index is 283. The van der Waals surface area contributed by atoms with Gasteiger partial charge in [-0.15, -0.1) is 0 Å². The number of rotatable bonds is 6. The number of hydrogen-bond acceptors (Lipinski definition) is 3. The van der Waals surface area contributed by atoms with E-state index in [1.54, 1.807) is 0 Å². The quantitative estimate of drug-likeness (QED) is 0.728. The van der Waals surface area contributed by atoms with Crippen LogP contribution in [-0.2, 0) is 6.54 Å². The Morgan fingerprint density at radius 2 is 2.38 bits per heavy atom. The second-order valence-electron chi connectivity index (χ2n) is 4.71. The van der Waals surface area contributed by atoms with Crippen molar-refractivity contribution in [2.45, 2.75) is 31.8 Å². The van der Waals surface area contributed by atoms with Gasteiger partial charge in [0.15, 0.2) is 0 Å². The molecule has 1 unspecified atom stereocenters. The first-order chi connectivity index (χ1) is 7.84. The number of unbranched alkanes of at least 4 members (excludes halogenated alkanes) is 1. The first-order valence-electron chi connectivity index (χ1n) is 6.22. The molecule has 1 atom stereocenters. The molecule has 2 heterocycles. The van der Waals surface area contributed by atoms with Gasteiger partial charge in [-0.2, -0.15) is 0 Å².